The minimum atomic E-state index is 0.697. The fourth-order valence-electron chi connectivity index (χ4n) is 2.44. The summed E-state index contributed by atoms with van der Waals surface area (Å²) in [6.07, 6.45) is 3.68. The Balaban J connectivity index is 2.19. The largest absolute Gasteiger partial charge is 0.397 e. The topological polar surface area (TPSA) is 51.8 Å². The molecule has 0 fully saturated rings. The first kappa shape index (κ1) is 13.3. The van der Waals surface area contributed by atoms with Crippen LogP contribution in [-0.4, -0.2) is 9.97 Å². The molecule has 2 N–H and O–H groups in total. The van der Waals surface area contributed by atoms with Gasteiger partial charge in [0.1, 0.15) is 0 Å². The summed E-state index contributed by atoms with van der Waals surface area (Å²) in [5, 5.41) is 0. The molecular formula is C18H17N3. The van der Waals surface area contributed by atoms with Gasteiger partial charge in [-0.3, -0.25) is 4.98 Å². The predicted molar refractivity (Wildman–Crippen MR) is 86.8 cm³/mol. The second-order valence-electron chi connectivity index (χ2n) is 5.21. The van der Waals surface area contributed by atoms with Gasteiger partial charge in [-0.1, -0.05) is 30.3 Å². The van der Waals surface area contributed by atoms with Crippen LogP contribution in [0.3, 0.4) is 0 Å². The maximum atomic E-state index is 6.15. The third kappa shape index (κ3) is 2.63. The van der Waals surface area contributed by atoms with Crippen LogP contribution in [0.1, 0.15) is 11.1 Å². The van der Waals surface area contributed by atoms with Gasteiger partial charge in [0.15, 0.2) is 0 Å². The van der Waals surface area contributed by atoms with Crippen molar-refractivity contribution in [3.8, 4) is 22.5 Å². The average molecular weight is 275 g/mol. The van der Waals surface area contributed by atoms with Gasteiger partial charge in [-0.15, -0.1) is 0 Å². The van der Waals surface area contributed by atoms with Crippen LogP contribution in [0, 0.1) is 13.8 Å². The van der Waals surface area contributed by atoms with Crippen LogP contribution >= 0.6 is 0 Å². The molecule has 21 heavy (non-hydrogen) atoms. The number of hydrogen-bond donors (Lipinski definition) is 1. The van der Waals surface area contributed by atoms with Crippen molar-refractivity contribution in [2.75, 3.05) is 5.73 Å². The number of nitrogens with two attached hydrogens (primary N) is 1. The van der Waals surface area contributed by atoms with Gasteiger partial charge in [0, 0.05) is 23.5 Å². The lowest BCUT2D eigenvalue weighted by molar-refractivity contribution is 1.22. The van der Waals surface area contributed by atoms with Crippen molar-refractivity contribution < 1.29 is 0 Å². The van der Waals surface area contributed by atoms with Crippen LogP contribution in [0.15, 0.2) is 54.9 Å². The van der Waals surface area contributed by atoms with Gasteiger partial charge in [-0.25, -0.2) is 4.98 Å². The highest BCUT2D eigenvalue weighted by atomic mass is 14.8. The molecule has 0 aliphatic carbocycles. The highest BCUT2D eigenvalue weighted by Crippen LogP contribution is 2.30. The molecule has 0 aliphatic rings. The Bertz CT molecular complexity index is 780. The molecule has 3 heteroatoms. The van der Waals surface area contributed by atoms with Crippen molar-refractivity contribution in [2.45, 2.75) is 13.8 Å². The van der Waals surface area contributed by atoms with E-state index in [1.54, 1.807) is 0 Å². The number of aryl methyl sites for hydroxylation is 2. The number of aromatic nitrogens is 2. The van der Waals surface area contributed by atoms with E-state index in [-0.39, 0.29) is 0 Å². The Morgan fingerprint density at radius 2 is 1.62 bits per heavy atom. The summed E-state index contributed by atoms with van der Waals surface area (Å²) in [6.45, 7) is 4.05. The smallest absolute Gasteiger partial charge is 0.0938 e. The maximum absolute atomic E-state index is 6.15. The highest BCUT2D eigenvalue weighted by molar-refractivity contribution is 5.77. The second kappa shape index (κ2) is 5.37. The molecule has 0 saturated carbocycles. The normalized spacial score (nSPS) is 10.6. The van der Waals surface area contributed by atoms with Gasteiger partial charge in [-0.2, -0.15) is 0 Å². The zero-order valence-electron chi connectivity index (χ0n) is 12.2. The van der Waals surface area contributed by atoms with Crippen molar-refractivity contribution in [2.24, 2.45) is 0 Å². The van der Waals surface area contributed by atoms with Gasteiger partial charge >= 0.3 is 0 Å². The van der Waals surface area contributed by atoms with E-state index < -0.39 is 0 Å². The highest BCUT2D eigenvalue weighted by Gasteiger charge is 2.11. The minimum absolute atomic E-state index is 0.697. The first-order valence-electron chi connectivity index (χ1n) is 6.90. The first-order chi connectivity index (χ1) is 10.1. The molecule has 2 aromatic heterocycles. The predicted octanol–water partition coefficient (Wildman–Crippen LogP) is 4.01. The van der Waals surface area contributed by atoms with E-state index in [1.165, 1.54) is 0 Å². The summed E-state index contributed by atoms with van der Waals surface area (Å²) in [4.78, 5) is 9.04. The summed E-state index contributed by atoms with van der Waals surface area (Å²) < 4.78 is 0. The van der Waals surface area contributed by atoms with Crippen molar-refractivity contribution in [1.82, 2.24) is 9.97 Å². The Kier molecular flexibility index (Phi) is 3.40. The molecule has 0 radical (unpaired) electrons. The van der Waals surface area contributed by atoms with E-state index in [4.69, 9.17) is 10.7 Å². The number of anilines is 1. The third-order valence-electron chi connectivity index (χ3n) is 3.44. The van der Waals surface area contributed by atoms with Crippen LogP contribution < -0.4 is 5.73 Å². The molecule has 0 unspecified atom stereocenters. The lowest BCUT2D eigenvalue weighted by Gasteiger charge is -2.11. The first-order valence-corrected chi connectivity index (χ1v) is 6.90. The summed E-state index contributed by atoms with van der Waals surface area (Å²) >= 11 is 0. The van der Waals surface area contributed by atoms with E-state index in [0.29, 0.717) is 5.69 Å². The minimum Gasteiger partial charge on any atom is -0.397 e. The quantitative estimate of drug-likeness (QED) is 0.768. The van der Waals surface area contributed by atoms with Crippen LogP contribution in [0.5, 0.6) is 0 Å². The van der Waals surface area contributed by atoms with Crippen LogP contribution in [0.2, 0.25) is 0 Å². The average Bonchev–Trinajstić information content (AvgIpc) is 2.48. The van der Waals surface area contributed by atoms with Crippen molar-refractivity contribution in [1.29, 1.82) is 0 Å². The number of nitrogen functional groups attached to an aromatic ring is 1. The molecule has 0 aliphatic heterocycles. The molecule has 104 valence electrons. The van der Waals surface area contributed by atoms with E-state index in [1.807, 2.05) is 62.6 Å². The number of nitrogens with zero attached hydrogens (tertiary/aromatic N) is 2. The number of hydrogen-bond acceptors (Lipinski definition) is 3. The number of benzene rings is 1. The number of pyridine rings is 2. The zero-order chi connectivity index (χ0) is 14.8. The molecule has 0 bridgehead atoms. The molecule has 3 rings (SSSR count). The molecule has 0 atom stereocenters. The standard InChI is InChI=1S/C18H17N3/c1-12-8-15(11-20-10-12)17-13(2)9-16(19)18(21-17)14-6-4-3-5-7-14/h3-11H,19H2,1-2H3. The SMILES string of the molecule is Cc1cncc(-c2nc(-c3ccccc3)c(N)cc2C)c1. The van der Waals surface area contributed by atoms with Crippen LogP contribution in [0.25, 0.3) is 22.5 Å². The molecule has 0 saturated heterocycles. The Hall–Kier alpha value is -2.68. The summed E-state index contributed by atoms with van der Waals surface area (Å²) in [6, 6.07) is 14.1. The van der Waals surface area contributed by atoms with Crippen LogP contribution in [-0.2, 0) is 0 Å². The molecule has 0 spiro atoms. The molecular weight excluding hydrogens is 258 g/mol. The fourth-order valence-corrected chi connectivity index (χ4v) is 2.44. The lowest BCUT2D eigenvalue weighted by Crippen LogP contribution is -1.98. The fraction of sp³-hybridized carbons (Fsp3) is 0.111. The molecule has 3 aromatic rings. The maximum Gasteiger partial charge on any atom is 0.0938 e. The van der Waals surface area contributed by atoms with Gasteiger partial charge in [-0.05, 0) is 37.1 Å². The van der Waals surface area contributed by atoms with E-state index >= 15 is 0 Å². The van der Waals surface area contributed by atoms with Crippen molar-refractivity contribution in [3.63, 3.8) is 0 Å². The summed E-state index contributed by atoms with van der Waals surface area (Å²) in [5.74, 6) is 0. The van der Waals surface area contributed by atoms with E-state index in [0.717, 1.165) is 33.6 Å². The third-order valence-corrected chi connectivity index (χ3v) is 3.44. The zero-order valence-corrected chi connectivity index (χ0v) is 12.2. The lowest BCUT2D eigenvalue weighted by atomic mass is 10.0. The van der Waals surface area contributed by atoms with E-state index in [9.17, 15) is 0 Å². The van der Waals surface area contributed by atoms with Gasteiger partial charge < -0.3 is 5.73 Å². The second-order valence-corrected chi connectivity index (χ2v) is 5.21. The van der Waals surface area contributed by atoms with Crippen molar-refractivity contribution in [3.05, 3.63) is 66.0 Å². The van der Waals surface area contributed by atoms with Gasteiger partial charge in [0.2, 0.25) is 0 Å². The molecule has 2 heterocycles. The summed E-state index contributed by atoms with van der Waals surface area (Å²) in [7, 11) is 0. The Morgan fingerprint density at radius 1 is 0.857 bits per heavy atom. The monoisotopic (exact) mass is 275 g/mol. The molecule has 3 nitrogen and oxygen atoms in total. The summed E-state index contributed by atoms with van der Waals surface area (Å²) in [5.41, 5.74) is 12.8. The van der Waals surface area contributed by atoms with Gasteiger partial charge in [0.25, 0.3) is 0 Å². The number of rotatable bonds is 2. The Labute approximate surface area is 124 Å². The van der Waals surface area contributed by atoms with E-state index in [2.05, 4.69) is 11.1 Å². The van der Waals surface area contributed by atoms with Gasteiger partial charge in [0.05, 0.1) is 17.1 Å². The Morgan fingerprint density at radius 3 is 2.33 bits per heavy atom. The van der Waals surface area contributed by atoms with Crippen LogP contribution in [0.4, 0.5) is 5.69 Å². The molecule has 0 amide bonds. The molecule has 1 aromatic carbocycles. The van der Waals surface area contributed by atoms with Crippen molar-refractivity contribution >= 4 is 5.69 Å².